The summed E-state index contributed by atoms with van der Waals surface area (Å²) in [5.74, 6) is -1.41. The molecule has 13 heavy (non-hydrogen) atoms. The molecule has 0 N–H and O–H groups in total. The Balaban J connectivity index is 2.21. The summed E-state index contributed by atoms with van der Waals surface area (Å²) in [7, 11) is 1.33. The molecule has 0 aromatic carbocycles. The van der Waals surface area contributed by atoms with Gasteiger partial charge in [-0.2, -0.15) is 0 Å². The van der Waals surface area contributed by atoms with E-state index in [9.17, 15) is 9.59 Å². The minimum absolute atomic E-state index is 0.235. The normalized spacial score (nSPS) is 35.8. The number of esters is 2. The first-order chi connectivity index (χ1) is 6.22. The Labute approximate surface area is 75.5 Å². The van der Waals surface area contributed by atoms with E-state index in [-0.39, 0.29) is 24.0 Å². The summed E-state index contributed by atoms with van der Waals surface area (Å²) < 4.78 is 9.59. The van der Waals surface area contributed by atoms with E-state index < -0.39 is 5.92 Å². The number of hydrogen-bond donors (Lipinski definition) is 0. The highest BCUT2D eigenvalue weighted by molar-refractivity contribution is 5.85. The van der Waals surface area contributed by atoms with Crippen LogP contribution in [0.2, 0.25) is 0 Å². The zero-order chi connectivity index (χ0) is 9.42. The number of carbonyl (C=O) groups is 2. The molecule has 3 atom stereocenters. The van der Waals surface area contributed by atoms with Gasteiger partial charge in [0.25, 0.3) is 0 Å². The van der Waals surface area contributed by atoms with Crippen LogP contribution < -0.4 is 0 Å². The minimum atomic E-state index is -0.433. The maximum atomic E-state index is 11.2. The molecule has 4 heteroatoms. The predicted octanol–water partition coefficient (Wildman–Crippen LogP) is 0.277. The Morgan fingerprint density at radius 3 is 2.92 bits per heavy atom. The lowest BCUT2D eigenvalue weighted by Crippen LogP contribution is -2.43. The number of fused-ring (bicyclic) bond motifs is 2. The fourth-order valence-electron chi connectivity index (χ4n) is 1.81. The van der Waals surface area contributed by atoms with E-state index in [1.165, 1.54) is 7.11 Å². The molecule has 1 saturated heterocycles. The molecule has 3 aliphatic rings. The molecule has 1 fully saturated rings. The highest BCUT2D eigenvalue weighted by Crippen LogP contribution is 2.34. The number of hydrogen-bond acceptors (Lipinski definition) is 4. The van der Waals surface area contributed by atoms with Crippen LogP contribution in [0.1, 0.15) is 6.42 Å². The van der Waals surface area contributed by atoms with E-state index in [4.69, 9.17) is 4.74 Å². The van der Waals surface area contributed by atoms with Crippen molar-refractivity contribution in [1.82, 2.24) is 0 Å². The van der Waals surface area contributed by atoms with E-state index in [1.807, 2.05) is 6.08 Å². The molecular weight excluding hydrogens is 172 g/mol. The summed E-state index contributed by atoms with van der Waals surface area (Å²) in [4.78, 5) is 22.4. The Bertz CT molecular complexity index is 281. The summed E-state index contributed by atoms with van der Waals surface area (Å²) >= 11 is 0. The average molecular weight is 182 g/mol. The van der Waals surface area contributed by atoms with E-state index in [1.54, 1.807) is 6.08 Å². The third-order valence-electron chi connectivity index (χ3n) is 2.50. The summed E-state index contributed by atoms with van der Waals surface area (Å²) in [6.07, 6.45) is 3.88. The first-order valence-corrected chi connectivity index (χ1v) is 4.19. The Morgan fingerprint density at radius 1 is 1.62 bits per heavy atom. The maximum Gasteiger partial charge on any atom is 0.314 e. The Morgan fingerprint density at radius 2 is 2.38 bits per heavy atom. The first-order valence-electron chi connectivity index (χ1n) is 4.19. The summed E-state index contributed by atoms with van der Waals surface area (Å²) in [6, 6.07) is 0. The van der Waals surface area contributed by atoms with Crippen molar-refractivity contribution in [1.29, 1.82) is 0 Å². The largest absolute Gasteiger partial charge is 0.469 e. The van der Waals surface area contributed by atoms with Crippen molar-refractivity contribution >= 4 is 11.9 Å². The van der Waals surface area contributed by atoms with Crippen molar-refractivity contribution in [3.8, 4) is 0 Å². The van der Waals surface area contributed by atoms with Crippen LogP contribution in [0.5, 0.6) is 0 Å². The zero-order valence-electron chi connectivity index (χ0n) is 7.23. The molecule has 0 aromatic rings. The van der Waals surface area contributed by atoms with Crippen LogP contribution in [0, 0.1) is 11.8 Å². The second-order valence-electron chi connectivity index (χ2n) is 3.25. The molecule has 0 radical (unpaired) electrons. The molecule has 0 spiro atoms. The molecule has 2 heterocycles. The smallest absolute Gasteiger partial charge is 0.314 e. The molecule has 3 rings (SSSR count). The number of rotatable bonds is 1. The molecule has 0 aromatic heterocycles. The molecule has 0 saturated carbocycles. The molecule has 1 aliphatic carbocycles. The van der Waals surface area contributed by atoms with Crippen molar-refractivity contribution in [2.24, 2.45) is 11.8 Å². The van der Waals surface area contributed by atoms with Crippen molar-refractivity contribution in [3.05, 3.63) is 12.2 Å². The van der Waals surface area contributed by atoms with Crippen LogP contribution in [0.25, 0.3) is 0 Å². The third-order valence-corrected chi connectivity index (χ3v) is 2.50. The standard InChI is InChI=1S/C9H10O4/c1-12-8(10)7-4-5-2-3-6(7)9(11)13-5/h2-3,5-7H,4H2,1H3. The zero-order valence-corrected chi connectivity index (χ0v) is 7.23. The molecule has 2 aliphatic heterocycles. The fourth-order valence-corrected chi connectivity index (χ4v) is 1.81. The predicted molar refractivity (Wildman–Crippen MR) is 42.6 cm³/mol. The third kappa shape index (κ3) is 1.22. The van der Waals surface area contributed by atoms with Crippen molar-refractivity contribution in [2.45, 2.75) is 12.5 Å². The number of carbonyl (C=O) groups excluding carboxylic acids is 2. The molecule has 0 amide bonds. The molecule has 4 nitrogen and oxygen atoms in total. The van der Waals surface area contributed by atoms with Gasteiger partial charge in [0.15, 0.2) is 0 Å². The molecule has 70 valence electrons. The Kier molecular flexibility index (Phi) is 1.83. The van der Waals surface area contributed by atoms with E-state index in [0.717, 1.165) is 0 Å². The van der Waals surface area contributed by atoms with E-state index in [0.29, 0.717) is 6.42 Å². The lowest BCUT2D eigenvalue weighted by Gasteiger charge is -2.34. The quantitative estimate of drug-likeness (QED) is 0.431. The summed E-state index contributed by atoms with van der Waals surface area (Å²) in [6.45, 7) is 0. The highest BCUT2D eigenvalue weighted by atomic mass is 16.6. The Hall–Kier alpha value is -1.32. The van der Waals surface area contributed by atoms with Crippen LogP contribution in [-0.2, 0) is 19.1 Å². The van der Waals surface area contributed by atoms with Crippen LogP contribution in [0.3, 0.4) is 0 Å². The van der Waals surface area contributed by atoms with Crippen molar-refractivity contribution in [3.63, 3.8) is 0 Å². The second-order valence-corrected chi connectivity index (χ2v) is 3.25. The van der Waals surface area contributed by atoms with Crippen LogP contribution >= 0.6 is 0 Å². The maximum absolute atomic E-state index is 11.2. The van der Waals surface area contributed by atoms with Gasteiger partial charge in [-0.25, -0.2) is 0 Å². The first kappa shape index (κ1) is 8.29. The van der Waals surface area contributed by atoms with Gasteiger partial charge in [0, 0.05) is 6.42 Å². The molecule has 3 unspecified atom stereocenters. The topological polar surface area (TPSA) is 52.6 Å². The average Bonchev–Trinajstić information content (AvgIpc) is 2.17. The number of ether oxygens (including phenoxy) is 2. The highest BCUT2D eigenvalue weighted by Gasteiger charge is 2.43. The molecular formula is C9H10O4. The van der Waals surface area contributed by atoms with Gasteiger partial charge in [-0.15, -0.1) is 0 Å². The number of methoxy groups -OCH3 is 1. The van der Waals surface area contributed by atoms with Gasteiger partial charge in [0.05, 0.1) is 18.9 Å². The second kappa shape index (κ2) is 2.87. The van der Waals surface area contributed by atoms with Crippen LogP contribution in [0.15, 0.2) is 12.2 Å². The lowest BCUT2D eigenvalue weighted by atomic mass is 9.80. The molecule has 2 bridgehead atoms. The van der Waals surface area contributed by atoms with E-state index in [2.05, 4.69) is 4.74 Å². The minimum Gasteiger partial charge on any atom is -0.469 e. The van der Waals surface area contributed by atoms with Gasteiger partial charge in [-0.3, -0.25) is 9.59 Å². The summed E-state index contributed by atoms with van der Waals surface area (Å²) in [5, 5.41) is 0. The van der Waals surface area contributed by atoms with Crippen LogP contribution in [0.4, 0.5) is 0 Å². The monoisotopic (exact) mass is 182 g/mol. The van der Waals surface area contributed by atoms with Crippen molar-refractivity contribution in [2.75, 3.05) is 7.11 Å². The van der Waals surface area contributed by atoms with E-state index >= 15 is 0 Å². The van der Waals surface area contributed by atoms with Gasteiger partial charge in [0.2, 0.25) is 0 Å². The van der Waals surface area contributed by atoms with Gasteiger partial charge < -0.3 is 9.47 Å². The fraction of sp³-hybridized carbons (Fsp3) is 0.556. The van der Waals surface area contributed by atoms with Gasteiger partial charge in [-0.05, 0) is 6.08 Å². The SMILES string of the molecule is COC(=O)C1CC2C=CC1C(=O)O2. The van der Waals surface area contributed by atoms with Gasteiger partial charge >= 0.3 is 11.9 Å². The van der Waals surface area contributed by atoms with Crippen molar-refractivity contribution < 1.29 is 19.1 Å². The van der Waals surface area contributed by atoms with Gasteiger partial charge in [0.1, 0.15) is 6.10 Å². The lowest BCUT2D eigenvalue weighted by molar-refractivity contribution is -0.170. The van der Waals surface area contributed by atoms with Crippen LogP contribution in [-0.4, -0.2) is 25.2 Å². The summed E-state index contributed by atoms with van der Waals surface area (Å²) in [5.41, 5.74) is 0. The van der Waals surface area contributed by atoms with Gasteiger partial charge in [-0.1, -0.05) is 6.08 Å².